The molecule has 0 radical (unpaired) electrons. The summed E-state index contributed by atoms with van der Waals surface area (Å²) in [4.78, 5) is 28.3. The second kappa shape index (κ2) is 10.4. The Labute approximate surface area is 207 Å². The van der Waals surface area contributed by atoms with Crippen LogP contribution in [-0.2, 0) is 28.9 Å². The number of carbonyl (C=O) groups is 2. The molecule has 1 aliphatic rings. The molecule has 0 unspecified atom stereocenters. The van der Waals surface area contributed by atoms with E-state index in [2.05, 4.69) is 22.1 Å². The fourth-order valence-electron chi connectivity index (χ4n) is 3.91. The molecule has 10 heteroatoms. The van der Waals surface area contributed by atoms with Crippen LogP contribution in [-0.4, -0.2) is 53.6 Å². The summed E-state index contributed by atoms with van der Waals surface area (Å²) in [6, 6.07) is 8.06. The molecule has 3 aromatic rings. The molecule has 0 spiro atoms. The third-order valence-corrected chi connectivity index (χ3v) is 7.74. The van der Waals surface area contributed by atoms with Gasteiger partial charge in [-0.1, -0.05) is 17.8 Å². The summed E-state index contributed by atoms with van der Waals surface area (Å²) in [6.45, 7) is 4.36. The fourth-order valence-corrected chi connectivity index (χ4v) is 5.96. The van der Waals surface area contributed by atoms with E-state index in [4.69, 9.17) is 4.74 Å². The first kappa shape index (κ1) is 24.0. The molecule has 34 heavy (non-hydrogen) atoms. The second-order valence-electron chi connectivity index (χ2n) is 8.04. The minimum absolute atomic E-state index is 0.137. The van der Waals surface area contributed by atoms with Crippen molar-refractivity contribution in [1.82, 2.24) is 14.8 Å². The van der Waals surface area contributed by atoms with E-state index < -0.39 is 5.97 Å². The molecule has 1 amide bonds. The Balaban J connectivity index is 1.48. The molecular weight excluding hydrogens is 470 g/mol. The lowest BCUT2D eigenvalue weighted by Crippen LogP contribution is -2.16. The maximum atomic E-state index is 12.8. The average molecular weight is 498 g/mol. The van der Waals surface area contributed by atoms with Crippen molar-refractivity contribution in [3.63, 3.8) is 0 Å². The number of nitrogens with one attached hydrogen (secondary N) is 1. The van der Waals surface area contributed by atoms with Crippen LogP contribution in [0.15, 0.2) is 42.1 Å². The molecule has 0 fully saturated rings. The molecule has 2 heterocycles. The average Bonchev–Trinajstić information content (AvgIpc) is 3.52. The van der Waals surface area contributed by atoms with E-state index in [1.54, 1.807) is 6.08 Å². The molecule has 8 nitrogen and oxygen atoms in total. The van der Waals surface area contributed by atoms with Gasteiger partial charge in [-0.05, 0) is 49.1 Å². The number of anilines is 2. The van der Waals surface area contributed by atoms with Gasteiger partial charge in [-0.15, -0.1) is 28.1 Å². The Morgan fingerprint density at radius 1 is 1.26 bits per heavy atom. The highest BCUT2D eigenvalue weighted by Crippen LogP contribution is 2.39. The van der Waals surface area contributed by atoms with E-state index >= 15 is 0 Å². The van der Waals surface area contributed by atoms with E-state index in [0.717, 1.165) is 46.8 Å². The van der Waals surface area contributed by atoms with Crippen LogP contribution in [0.25, 0.3) is 11.4 Å². The van der Waals surface area contributed by atoms with Gasteiger partial charge in [0.05, 0.1) is 18.4 Å². The van der Waals surface area contributed by atoms with Crippen LogP contribution in [0.1, 0.15) is 27.2 Å². The third-order valence-electron chi connectivity index (χ3n) is 5.57. The zero-order valence-corrected chi connectivity index (χ0v) is 21.1. The Morgan fingerprint density at radius 3 is 2.71 bits per heavy atom. The number of aromatic nitrogens is 3. The lowest BCUT2D eigenvalue weighted by atomic mass is 10.1. The minimum atomic E-state index is -0.405. The molecule has 0 saturated carbocycles. The first-order valence-electron chi connectivity index (χ1n) is 10.9. The van der Waals surface area contributed by atoms with Crippen LogP contribution in [0.3, 0.4) is 0 Å². The van der Waals surface area contributed by atoms with Gasteiger partial charge in [-0.2, -0.15) is 0 Å². The van der Waals surface area contributed by atoms with Crippen molar-refractivity contribution in [3.8, 4) is 11.4 Å². The van der Waals surface area contributed by atoms with Gasteiger partial charge >= 0.3 is 5.97 Å². The number of allylic oxidation sites excluding steroid dienone is 1. The summed E-state index contributed by atoms with van der Waals surface area (Å²) in [5, 5.41) is 12.8. The maximum Gasteiger partial charge on any atom is 0.341 e. The van der Waals surface area contributed by atoms with Gasteiger partial charge in [0.15, 0.2) is 11.0 Å². The van der Waals surface area contributed by atoms with Crippen molar-refractivity contribution in [2.75, 3.05) is 37.2 Å². The molecule has 1 aromatic carbocycles. The number of hydrogen-bond acceptors (Lipinski definition) is 8. The molecule has 1 N–H and O–H groups in total. The predicted molar refractivity (Wildman–Crippen MR) is 137 cm³/mol. The quantitative estimate of drug-likeness (QED) is 0.268. The highest BCUT2D eigenvalue weighted by Gasteiger charge is 2.28. The number of rotatable bonds is 9. The summed E-state index contributed by atoms with van der Waals surface area (Å²) in [6.07, 6.45) is 4.57. The number of ether oxygens (including phenoxy) is 1. The Bertz CT molecular complexity index is 1210. The lowest BCUT2D eigenvalue weighted by Gasteiger charge is -2.13. The van der Waals surface area contributed by atoms with Crippen LogP contribution in [0, 0.1) is 0 Å². The number of benzene rings is 1. The molecule has 1 aliphatic carbocycles. The first-order valence-corrected chi connectivity index (χ1v) is 12.7. The second-order valence-corrected chi connectivity index (χ2v) is 10.1. The van der Waals surface area contributed by atoms with E-state index in [9.17, 15) is 9.59 Å². The summed E-state index contributed by atoms with van der Waals surface area (Å²) in [7, 11) is 5.35. The van der Waals surface area contributed by atoms with Gasteiger partial charge in [0.25, 0.3) is 0 Å². The zero-order valence-electron chi connectivity index (χ0n) is 19.5. The summed E-state index contributed by atoms with van der Waals surface area (Å²) >= 11 is 2.76. The van der Waals surface area contributed by atoms with Crippen LogP contribution >= 0.6 is 23.1 Å². The van der Waals surface area contributed by atoms with Crippen molar-refractivity contribution in [1.29, 1.82) is 0 Å². The number of hydrogen-bond donors (Lipinski definition) is 1. The topological polar surface area (TPSA) is 89.3 Å². The number of methoxy groups -OCH3 is 1. The Hall–Kier alpha value is -3.11. The van der Waals surface area contributed by atoms with Crippen LogP contribution in [0.4, 0.5) is 10.7 Å². The number of amides is 1. The first-order chi connectivity index (χ1) is 16.4. The Morgan fingerprint density at radius 2 is 2.03 bits per heavy atom. The lowest BCUT2D eigenvalue weighted by molar-refractivity contribution is -0.113. The van der Waals surface area contributed by atoms with E-state index in [1.807, 2.05) is 47.8 Å². The third kappa shape index (κ3) is 4.88. The number of carbonyl (C=O) groups excluding carboxylic acids is 2. The summed E-state index contributed by atoms with van der Waals surface area (Å²) in [5.74, 6) is 0.242. The summed E-state index contributed by atoms with van der Waals surface area (Å²) in [5.41, 5.74) is 3.54. The molecule has 0 atom stereocenters. The SMILES string of the molecule is C=CCn1c(SCC(=O)Nc2sc3c(c2C(=O)OC)CCC3)nnc1-c1ccc(N(C)C)cc1. The number of thiophene rings is 1. The van der Waals surface area contributed by atoms with Crippen LogP contribution in [0.5, 0.6) is 0 Å². The van der Waals surface area contributed by atoms with Crippen molar-refractivity contribution < 1.29 is 14.3 Å². The monoisotopic (exact) mass is 497 g/mol. The van der Waals surface area contributed by atoms with E-state index in [0.29, 0.717) is 22.3 Å². The van der Waals surface area contributed by atoms with E-state index in [1.165, 1.54) is 30.2 Å². The molecular formula is C24H27N5O3S2. The normalized spacial score (nSPS) is 12.3. The van der Waals surface area contributed by atoms with Gasteiger partial charge in [0.1, 0.15) is 5.00 Å². The largest absolute Gasteiger partial charge is 0.465 e. The highest BCUT2D eigenvalue weighted by atomic mass is 32.2. The molecule has 2 aromatic heterocycles. The molecule has 0 saturated heterocycles. The maximum absolute atomic E-state index is 12.8. The summed E-state index contributed by atoms with van der Waals surface area (Å²) < 4.78 is 6.90. The van der Waals surface area contributed by atoms with E-state index in [-0.39, 0.29) is 11.7 Å². The minimum Gasteiger partial charge on any atom is -0.465 e. The smallest absolute Gasteiger partial charge is 0.341 e. The fraction of sp³-hybridized carbons (Fsp3) is 0.333. The molecule has 0 aliphatic heterocycles. The van der Waals surface area contributed by atoms with Gasteiger partial charge in [-0.3, -0.25) is 9.36 Å². The molecule has 0 bridgehead atoms. The molecule has 178 valence electrons. The van der Waals surface area contributed by atoms with Crippen molar-refractivity contribution in [2.45, 2.75) is 31.0 Å². The number of esters is 1. The van der Waals surface area contributed by atoms with Gasteiger partial charge < -0.3 is 15.0 Å². The van der Waals surface area contributed by atoms with Crippen molar-refractivity contribution in [2.24, 2.45) is 0 Å². The standard InChI is InChI=1S/C24H27N5O3S2/c1-5-13-29-21(15-9-11-16(12-10-15)28(2)3)26-27-24(29)33-14-19(30)25-22-20(23(31)32-4)17-7-6-8-18(17)34-22/h5,9-12H,1,6-8,13-14H2,2-4H3,(H,25,30). The zero-order chi connectivity index (χ0) is 24.2. The predicted octanol–water partition coefficient (Wildman–Crippen LogP) is 4.26. The van der Waals surface area contributed by atoms with Crippen LogP contribution in [0.2, 0.25) is 0 Å². The van der Waals surface area contributed by atoms with Gasteiger partial charge in [0, 0.05) is 36.8 Å². The Kier molecular flexibility index (Phi) is 7.38. The highest BCUT2D eigenvalue weighted by molar-refractivity contribution is 7.99. The number of fused-ring (bicyclic) bond motifs is 1. The number of aryl methyl sites for hydroxylation is 1. The van der Waals surface area contributed by atoms with Gasteiger partial charge in [0.2, 0.25) is 5.91 Å². The number of thioether (sulfide) groups is 1. The van der Waals surface area contributed by atoms with Crippen molar-refractivity contribution in [3.05, 3.63) is 52.9 Å². The number of nitrogens with zero attached hydrogens (tertiary/aromatic N) is 4. The van der Waals surface area contributed by atoms with Gasteiger partial charge in [-0.25, -0.2) is 4.79 Å². The molecule has 4 rings (SSSR count). The van der Waals surface area contributed by atoms with Crippen molar-refractivity contribution >= 4 is 45.7 Å². The van der Waals surface area contributed by atoms with Crippen LogP contribution < -0.4 is 10.2 Å².